The molecule has 0 aromatic rings. The number of carbonyl (C=O) groups is 1. The Morgan fingerprint density at radius 1 is 1.60 bits per heavy atom. The van der Waals surface area contributed by atoms with Crippen molar-refractivity contribution >= 4 is 17.7 Å². The lowest BCUT2D eigenvalue weighted by Crippen LogP contribution is -2.39. The summed E-state index contributed by atoms with van der Waals surface area (Å²) in [6.07, 6.45) is 3.13. The van der Waals surface area contributed by atoms with Gasteiger partial charge in [0.05, 0.1) is 0 Å². The second kappa shape index (κ2) is 6.21. The van der Waals surface area contributed by atoms with Crippen LogP contribution in [0.15, 0.2) is 12.2 Å². The molecule has 0 aliphatic carbocycles. The Bertz CT molecular complexity index is 232. The zero-order valence-corrected chi connectivity index (χ0v) is 10.5. The summed E-state index contributed by atoms with van der Waals surface area (Å²) in [6.45, 7) is 8.05. The van der Waals surface area contributed by atoms with Crippen LogP contribution in [0.25, 0.3) is 0 Å². The molecule has 1 unspecified atom stereocenters. The molecule has 1 amide bonds. The van der Waals surface area contributed by atoms with Gasteiger partial charge in [0.2, 0.25) is 5.91 Å². The lowest BCUT2D eigenvalue weighted by atomic mass is 10.0. The molecule has 15 heavy (non-hydrogen) atoms. The average Bonchev–Trinajstić information content (AvgIpc) is 2.18. The van der Waals surface area contributed by atoms with Gasteiger partial charge in [0, 0.05) is 17.4 Å². The molecule has 1 heterocycles. The van der Waals surface area contributed by atoms with Gasteiger partial charge in [-0.1, -0.05) is 20.4 Å². The fourth-order valence-corrected chi connectivity index (χ4v) is 2.80. The highest BCUT2D eigenvalue weighted by Crippen LogP contribution is 2.17. The summed E-state index contributed by atoms with van der Waals surface area (Å²) in [5.74, 6) is 2.85. The average molecular weight is 227 g/mol. The fraction of sp³-hybridized carbons (Fsp3) is 0.750. The number of carbonyl (C=O) groups excluding carboxylic acids is 1. The highest BCUT2D eigenvalue weighted by atomic mass is 32.2. The summed E-state index contributed by atoms with van der Waals surface area (Å²) in [5.41, 5.74) is 0.723. The Morgan fingerprint density at radius 2 is 2.33 bits per heavy atom. The van der Waals surface area contributed by atoms with Crippen molar-refractivity contribution in [1.82, 2.24) is 5.32 Å². The maximum atomic E-state index is 11.7. The van der Waals surface area contributed by atoms with E-state index in [0.29, 0.717) is 12.0 Å². The topological polar surface area (TPSA) is 29.1 Å². The van der Waals surface area contributed by atoms with Gasteiger partial charge in [0.15, 0.2) is 0 Å². The molecule has 0 bridgehead atoms. The fourth-order valence-electron chi connectivity index (χ4n) is 1.73. The smallest absolute Gasteiger partial charge is 0.246 e. The zero-order valence-electron chi connectivity index (χ0n) is 9.71. The summed E-state index contributed by atoms with van der Waals surface area (Å²) in [5, 5.41) is 3.06. The largest absolute Gasteiger partial charge is 0.349 e. The van der Waals surface area contributed by atoms with Gasteiger partial charge in [0.1, 0.15) is 0 Å². The summed E-state index contributed by atoms with van der Waals surface area (Å²) < 4.78 is 0. The Kier molecular flexibility index (Phi) is 5.23. The lowest BCUT2D eigenvalue weighted by molar-refractivity contribution is -0.118. The highest BCUT2D eigenvalue weighted by Gasteiger charge is 2.17. The molecule has 2 nitrogen and oxygen atoms in total. The van der Waals surface area contributed by atoms with Crippen LogP contribution in [-0.2, 0) is 4.79 Å². The van der Waals surface area contributed by atoms with Crippen LogP contribution >= 0.6 is 11.8 Å². The van der Waals surface area contributed by atoms with Crippen LogP contribution in [-0.4, -0.2) is 23.5 Å². The van der Waals surface area contributed by atoms with Crippen LogP contribution < -0.4 is 5.32 Å². The van der Waals surface area contributed by atoms with E-state index in [1.165, 1.54) is 12.2 Å². The molecule has 0 spiro atoms. The molecule has 1 rings (SSSR count). The van der Waals surface area contributed by atoms with Crippen molar-refractivity contribution in [3.63, 3.8) is 0 Å². The second-order valence-electron chi connectivity index (χ2n) is 4.59. The molecule has 0 aromatic heterocycles. The molecule has 1 N–H and O–H groups in total. The van der Waals surface area contributed by atoms with Crippen molar-refractivity contribution in [1.29, 1.82) is 0 Å². The van der Waals surface area contributed by atoms with Crippen molar-refractivity contribution in [2.24, 2.45) is 5.92 Å². The molecule has 0 saturated carbocycles. The summed E-state index contributed by atoms with van der Waals surface area (Å²) in [4.78, 5) is 11.7. The van der Waals surface area contributed by atoms with Gasteiger partial charge in [-0.2, -0.15) is 11.8 Å². The minimum atomic E-state index is 0.0520. The maximum absolute atomic E-state index is 11.7. The minimum absolute atomic E-state index is 0.0520. The first kappa shape index (κ1) is 12.6. The number of thioether (sulfide) groups is 1. The standard InChI is InChI=1S/C12H21NOS/c1-9(2)7-10(3)12(14)13-11-5-4-6-15-8-11/h9,11H,3-8H2,1-2H3,(H,13,14). The van der Waals surface area contributed by atoms with E-state index in [9.17, 15) is 4.79 Å². The summed E-state index contributed by atoms with van der Waals surface area (Å²) in [7, 11) is 0. The van der Waals surface area contributed by atoms with E-state index >= 15 is 0 Å². The van der Waals surface area contributed by atoms with Crippen molar-refractivity contribution in [3.05, 3.63) is 12.2 Å². The number of hydrogen-bond donors (Lipinski definition) is 1. The van der Waals surface area contributed by atoms with E-state index in [4.69, 9.17) is 0 Å². The number of amides is 1. The lowest BCUT2D eigenvalue weighted by Gasteiger charge is -2.23. The quantitative estimate of drug-likeness (QED) is 0.748. The predicted molar refractivity (Wildman–Crippen MR) is 67.1 cm³/mol. The molecular weight excluding hydrogens is 206 g/mol. The first-order valence-electron chi connectivity index (χ1n) is 5.66. The molecule has 1 atom stereocenters. The molecular formula is C12H21NOS. The second-order valence-corrected chi connectivity index (χ2v) is 5.74. The third-order valence-electron chi connectivity index (χ3n) is 2.47. The Morgan fingerprint density at radius 3 is 2.87 bits per heavy atom. The summed E-state index contributed by atoms with van der Waals surface area (Å²) in [6, 6.07) is 0.361. The SMILES string of the molecule is C=C(CC(C)C)C(=O)NC1CCCSC1. The van der Waals surface area contributed by atoms with Crippen LogP contribution in [0, 0.1) is 5.92 Å². The van der Waals surface area contributed by atoms with Gasteiger partial charge in [-0.3, -0.25) is 4.79 Å². The van der Waals surface area contributed by atoms with Gasteiger partial charge in [-0.25, -0.2) is 0 Å². The Hall–Kier alpha value is -0.440. The maximum Gasteiger partial charge on any atom is 0.246 e. The normalized spacial score (nSPS) is 21.4. The van der Waals surface area contributed by atoms with Gasteiger partial charge in [-0.05, 0) is 30.9 Å². The molecule has 1 fully saturated rings. The van der Waals surface area contributed by atoms with Crippen molar-refractivity contribution in [2.45, 2.75) is 39.2 Å². The summed E-state index contributed by atoms with van der Waals surface area (Å²) >= 11 is 1.93. The first-order chi connectivity index (χ1) is 7.09. The third-order valence-corrected chi connectivity index (χ3v) is 3.69. The van der Waals surface area contributed by atoms with E-state index < -0.39 is 0 Å². The Labute approximate surface area is 96.9 Å². The molecule has 0 aromatic carbocycles. The van der Waals surface area contributed by atoms with Crippen LogP contribution in [0.4, 0.5) is 0 Å². The monoisotopic (exact) mass is 227 g/mol. The van der Waals surface area contributed by atoms with Crippen LogP contribution in [0.2, 0.25) is 0 Å². The van der Waals surface area contributed by atoms with Gasteiger partial charge >= 0.3 is 0 Å². The molecule has 3 heteroatoms. The number of hydrogen-bond acceptors (Lipinski definition) is 2. The molecule has 86 valence electrons. The van der Waals surface area contributed by atoms with Crippen LogP contribution in [0.1, 0.15) is 33.1 Å². The number of nitrogens with one attached hydrogen (secondary N) is 1. The van der Waals surface area contributed by atoms with Crippen molar-refractivity contribution < 1.29 is 4.79 Å². The van der Waals surface area contributed by atoms with Crippen LogP contribution in [0.5, 0.6) is 0 Å². The van der Waals surface area contributed by atoms with E-state index in [2.05, 4.69) is 25.7 Å². The van der Waals surface area contributed by atoms with Crippen LogP contribution in [0.3, 0.4) is 0 Å². The zero-order chi connectivity index (χ0) is 11.3. The van der Waals surface area contributed by atoms with Crippen molar-refractivity contribution in [2.75, 3.05) is 11.5 Å². The number of rotatable bonds is 4. The van der Waals surface area contributed by atoms with E-state index in [1.54, 1.807) is 0 Å². The van der Waals surface area contributed by atoms with E-state index in [1.807, 2.05) is 11.8 Å². The molecule has 1 aliphatic heterocycles. The van der Waals surface area contributed by atoms with Gasteiger partial charge < -0.3 is 5.32 Å². The van der Waals surface area contributed by atoms with E-state index in [-0.39, 0.29) is 5.91 Å². The van der Waals surface area contributed by atoms with E-state index in [0.717, 1.165) is 24.2 Å². The molecule has 0 radical (unpaired) electrons. The van der Waals surface area contributed by atoms with Crippen molar-refractivity contribution in [3.8, 4) is 0 Å². The first-order valence-corrected chi connectivity index (χ1v) is 6.81. The third kappa shape index (κ3) is 4.74. The molecule has 1 saturated heterocycles. The van der Waals surface area contributed by atoms with Gasteiger partial charge in [0.25, 0.3) is 0 Å². The van der Waals surface area contributed by atoms with Gasteiger partial charge in [-0.15, -0.1) is 0 Å². The highest BCUT2D eigenvalue weighted by molar-refractivity contribution is 7.99. The minimum Gasteiger partial charge on any atom is -0.349 e. The predicted octanol–water partition coefficient (Wildman–Crippen LogP) is 2.60. The molecule has 1 aliphatic rings. The Balaban J connectivity index is 2.30.